The molecule has 0 aliphatic rings. The molecule has 20 heavy (non-hydrogen) atoms. The molecule has 2 aromatic rings. The third-order valence-corrected chi connectivity index (χ3v) is 3.00. The minimum absolute atomic E-state index is 0.619. The molecule has 1 aromatic heterocycles. The van der Waals surface area contributed by atoms with Crippen molar-refractivity contribution < 1.29 is 9.47 Å². The molecule has 0 atom stereocenters. The number of hydrogen-bond acceptors (Lipinski definition) is 4. The van der Waals surface area contributed by atoms with Crippen LogP contribution in [-0.4, -0.2) is 36.9 Å². The zero-order valence-electron chi connectivity index (χ0n) is 12.0. The first-order valence-corrected chi connectivity index (χ1v) is 6.74. The lowest BCUT2D eigenvalue weighted by atomic mass is 10.3. The Bertz CT molecular complexity index is 508. The fourth-order valence-corrected chi connectivity index (χ4v) is 1.85. The summed E-state index contributed by atoms with van der Waals surface area (Å²) in [6, 6.07) is 7.60. The Hall–Kier alpha value is -2.01. The first-order valence-electron chi connectivity index (χ1n) is 6.74. The third kappa shape index (κ3) is 4.28. The van der Waals surface area contributed by atoms with Crippen LogP contribution in [0.3, 0.4) is 0 Å². The second kappa shape index (κ2) is 7.55. The number of methoxy groups -OCH3 is 1. The number of rotatable bonds is 8. The highest BCUT2D eigenvalue weighted by Crippen LogP contribution is 2.16. The van der Waals surface area contributed by atoms with Gasteiger partial charge in [-0.25, -0.2) is 4.98 Å². The molecule has 0 saturated heterocycles. The number of benzene rings is 1. The SMILES string of the molecule is CNCCc1cn(CCOc2ccc(OC)cc2)cn1. The van der Waals surface area contributed by atoms with Crippen LogP contribution in [0.4, 0.5) is 0 Å². The molecule has 0 aliphatic carbocycles. The number of nitrogens with zero attached hydrogens (tertiary/aromatic N) is 2. The molecule has 5 heteroatoms. The first kappa shape index (κ1) is 14.4. The molecule has 0 fully saturated rings. The maximum atomic E-state index is 5.68. The quantitative estimate of drug-likeness (QED) is 0.797. The molecule has 1 heterocycles. The van der Waals surface area contributed by atoms with E-state index in [0.717, 1.165) is 36.7 Å². The predicted molar refractivity (Wildman–Crippen MR) is 78.3 cm³/mol. The molecule has 1 N–H and O–H groups in total. The fourth-order valence-electron chi connectivity index (χ4n) is 1.85. The summed E-state index contributed by atoms with van der Waals surface area (Å²) in [5, 5.41) is 3.12. The molecule has 0 amide bonds. The Morgan fingerprint density at radius 2 is 1.95 bits per heavy atom. The lowest BCUT2D eigenvalue weighted by Crippen LogP contribution is -2.10. The summed E-state index contributed by atoms with van der Waals surface area (Å²) in [6.45, 7) is 2.35. The van der Waals surface area contributed by atoms with Crippen LogP contribution in [-0.2, 0) is 13.0 Å². The Balaban J connectivity index is 1.75. The van der Waals surface area contributed by atoms with Gasteiger partial charge in [0.15, 0.2) is 0 Å². The fraction of sp³-hybridized carbons (Fsp3) is 0.400. The molecular weight excluding hydrogens is 254 g/mol. The van der Waals surface area contributed by atoms with E-state index >= 15 is 0 Å². The molecule has 108 valence electrons. The van der Waals surface area contributed by atoms with Crippen molar-refractivity contribution in [3.63, 3.8) is 0 Å². The van der Waals surface area contributed by atoms with Gasteiger partial charge in [0.25, 0.3) is 0 Å². The lowest BCUT2D eigenvalue weighted by Gasteiger charge is -2.07. The molecule has 0 aliphatic heterocycles. The van der Waals surface area contributed by atoms with Gasteiger partial charge < -0.3 is 19.4 Å². The predicted octanol–water partition coefficient (Wildman–Crippen LogP) is 1.73. The Labute approximate surface area is 119 Å². The van der Waals surface area contributed by atoms with E-state index in [1.54, 1.807) is 7.11 Å². The number of nitrogens with one attached hydrogen (secondary N) is 1. The van der Waals surface area contributed by atoms with Crippen molar-refractivity contribution in [3.8, 4) is 11.5 Å². The van der Waals surface area contributed by atoms with E-state index in [0.29, 0.717) is 6.61 Å². The number of likely N-dealkylation sites (N-methyl/N-ethyl adjacent to an activating group) is 1. The summed E-state index contributed by atoms with van der Waals surface area (Å²) in [4.78, 5) is 4.35. The van der Waals surface area contributed by atoms with E-state index in [4.69, 9.17) is 9.47 Å². The summed E-state index contributed by atoms with van der Waals surface area (Å²) in [7, 11) is 3.60. The summed E-state index contributed by atoms with van der Waals surface area (Å²) < 4.78 is 12.8. The normalized spacial score (nSPS) is 10.5. The maximum Gasteiger partial charge on any atom is 0.119 e. The summed E-state index contributed by atoms with van der Waals surface area (Å²) in [5.41, 5.74) is 1.10. The monoisotopic (exact) mass is 275 g/mol. The van der Waals surface area contributed by atoms with Crippen molar-refractivity contribution >= 4 is 0 Å². The molecule has 5 nitrogen and oxygen atoms in total. The average Bonchev–Trinajstić information content (AvgIpc) is 2.94. The van der Waals surface area contributed by atoms with Crippen molar-refractivity contribution in [3.05, 3.63) is 42.5 Å². The number of imidazole rings is 1. The molecule has 2 rings (SSSR count). The van der Waals surface area contributed by atoms with Crippen molar-refractivity contribution in [2.75, 3.05) is 27.3 Å². The van der Waals surface area contributed by atoms with Gasteiger partial charge in [0.2, 0.25) is 0 Å². The summed E-state index contributed by atoms with van der Waals surface area (Å²) in [5.74, 6) is 1.68. The van der Waals surface area contributed by atoms with Crippen LogP contribution >= 0.6 is 0 Å². The second-order valence-corrected chi connectivity index (χ2v) is 4.48. The molecule has 0 saturated carbocycles. The largest absolute Gasteiger partial charge is 0.497 e. The van der Waals surface area contributed by atoms with Gasteiger partial charge >= 0.3 is 0 Å². The Morgan fingerprint density at radius 3 is 2.65 bits per heavy atom. The standard InChI is InChI=1S/C15H21N3O2/c1-16-8-7-13-11-18(12-17-13)9-10-20-15-5-3-14(19-2)4-6-15/h3-6,11-12,16H,7-10H2,1-2H3. The highest BCUT2D eigenvalue weighted by molar-refractivity contribution is 5.31. The van der Waals surface area contributed by atoms with E-state index in [2.05, 4.69) is 21.1 Å². The smallest absolute Gasteiger partial charge is 0.119 e. The van der Waals surface area contributed by atoms with Crippen molar-refractivity contribution in [1.29, 1.82) is 0 Å². The van der Waals surface area contributed by atoms with Gasteiger partial charge in [-0.1, -0.05) is 0 Å². The average molecular weight is 275 g/mol. The van der Waals surface area contributed by atoms with Crippen LogP contribution in [0.5, 0.6) is 11.5 Å². The Morgan fingerprint density at radius 1 is 1.20 bits per heavy atom. The van der Waals surface area contributed by atoms with Crippen LogP contribution in [0.25, 0.3) is 0 Å². The minimum Gasteiger partial charge on any atom is -0.497 e. The zero-order valence-corrected chi connectivity index (χ0v) is 12.0. The summed E-state index contributed by atoms with van der Waals surface area (Å²) >= 11 is 0. The number of hydrogen-bond donors (Lipinski definition) is 1. The van der Waals surface area contributed by atoms with Crippen LogP contribution in [0.1, 0.15) is 5.69 Å². The van der Waals surface area contributed by atoms with E-state index in [1.165, 1.54) is 0 Å². The molecule has 0 bridgehead atoms. The lowest BCUT2D eigenvalue weighted by molar-refractivity contribution is 0.297. The molecule has 0 unspecified atom stereocenters. The van der Waals surface area contributed by atoms with Gasteiger partial charge in [-0.2, -0.15) is 0 Å². The van der Waals surface area contributed by atoms with Crippen LogP contribution in [0.2, 0.25) is 0 Å². The van der Waals surface area contributed by atoms with E-state index in [-0.39, 0.29) is 0 Å². The third-order valence-electron chi connectivity index (χ3n) is 3.00. The first-order chi connectivity index (χ1) is 9.81. The van der Waals surface area contributed by atoms with E-state index in [1.807, 2.05) is 37.6 Å². The number of aromatic nitrogens is 2. The van der Waals surface area contributed by atoms with Crippen molar-refractivity contribution in [1.82, 2.24) is 14.9 Å². The van der Waals surface area contributed by atoms with Crippen molar-refractivity contribution in [2.45, 2.75) is 13.0 Å². The van der Waals surface area contributed by atoms with Crippen LogP contribution in [0.15, 0.2) is 36.8 Å². The van der Waals surface area contributed by atoms with Gasteiger partial charge in [0.1, 0.15) is 18.1 Å². The zero-order chi connectivity index (χ0) is 14.2. The van der Waals surface area contributed by atoms with Gasteiger partial charge in [0.05, 0.1) is 25.7 Å². The van der Waals surface area contributed by atoms with Gasteiger partial charge in [-0.15, -0.1) is 0 Å². The van der Waals surface area contributed by atoms with Crippen LogP contribution < -0.4 is 14.8 Å². The second-order valence-electron chi connectivity index (χ2n) is 4.48. The molecule has 1 aromatic carbocycles. The minimum atomic E-state index is 0.619. The molecular formula is C15H21N3O2. The van der Waals surface area contributed by atoms with E-state index < -0.39 is 0 Å². The number of ether oxygens (including phenoxy) is 2. The highest BCUT2D eigenvalue weighted by atomic mass is 16.5. The highest BCUT2D eigenvalue weighted by Gasteiger charge is 1.99. The van der Waals surface area contributed by atoms with Crippen molar-refractivity contribution in [2.24, 2.45) is 0 Å². The molecule has 0 radical (unpaired) electrons. The maximum absolute atomic E-state index is 5.68. The summed E-state index contributed by atoms with van der Waals surface area (Å²) in [6.07, 6.45) is 4.86. The Kier molecular flexibility index (Phi) is 5.43. The van der Waals surface area contributed by atoms with Gasteiger partial charge in [-0.05, 0) is 31.3 Å². The van der Waals surface area contributed by atoms with Gasteiger partial charge in [-0.3, -0.25) is 0 Å². The van der Waals surface area contributed by atoms with Gasteiger partial charge in [0, 0.05) is 19.2 Å². The topological polar surface area (TPSA) is 48.3 Å². The van der Waals surface area contributed by atoms with Crippen LogP contribution in [0, 0.1) is 0 Å². The molecule has 0 spiro atoms. The van der Waals surface area contributed by atoms with E-state index in [9.17, 15) is 0 Å².